The van der Waals surface area contributed by atoms with Crippen molar-refractivity contribution in [2.24, 2.45) is 0 Å². The first-order valence-corrected chi connectivity index (χ1v) is 9.99. The molecule has 0 spiro atoms. The molecule has 0 aliphatic carbocycles. The minimum Gasteiger partial charge on any atom is -0.350 e. The van der Waals surface area contributed by atoms with Gasteiger partial charge in [0, 0.05) is 12.3 Å². The second-order valence-corrected chi connectivity index (χ2v) is 7.98. The van der Waals surface area contributed by atoms with E-state index in [1.807, 2.05) is 24.3 Å². The van der Waals surface area contributed by atoms with Gasteiger partial charge in [-0.3, -0.25) is 9.59 Å². The number of benzene rings is 2. The Labute approximate surface area is 166 Å². The summed E-state index contributed by atoms with van der Waals surface area (Å²) in [6.45, 7) is 0.423. The number of hydrogen-bond acceptors (Lipinski definition) is 3. The van der Waals surface area contributed by atoms with Crippen LogP contribution in [0.4, 0.5) is 0 Å². The number of hydrogen-bond donors (Lipinski definition) is 1. The quantitative estimate of drug-likeness (QED) is 0.701. The van der Waals surface area contributed by atoms with Crippen LogP contribution in [0.2, 0.25) is 10.0 Å². The SMILES string of the molecule is O=C(CN1C(=O)CC1SCc1ccccc1)NCc1ccc(Cl)c(Cl)c1. The van der Waals surface area contributed by atoms with Crippen molar-refractivity contribution < 1.29 is 9.59 Å². The van der Waals surface area contributed by atoms with Gasteiger partial charge in [-0.15, -0.1) is 11.8 Å². The highest BCUT2D eigenvalue weighted by atomic mass is 35.5. The van der Waals surface area contributed by atoms with E-state index in [2.05, 4.69) is 17.4 Å². The van der Waals surface area contributed by atoms with Gasteiger partial charge in [0.2, 0.25) is 11.8 Å². The maximum absolute atomic E-state index is 12.2. The van der Waals surface area contributed by atoms with Crippen LogP contribution in [0.3, 0.4) is 0 Å². The van der Waals surface area contributed by atoms with Gasteiger partial charge >= 0.3 is 0 Å². The number of amides is 2. The molecule has 0 saturated carbocycles. The molecule has 4 nitrogen and oxygen atoms in total. The van der Waals surface area contributed by atoms with Crippen LogP contribution in [-0.4, -0.2) is 28.6 Å². The van der Waals surface area contributed by atoms with Crippen molar-refractivity contribution in [1.82, 2.24) is 10.2 Å². The van der Waals surface area contributed by atoms with Crippen LogP contribution < -0.4 is 5.32 Å². The number of nitrogens with one attached hydrogen (secondary N) is 1. The summed E-state index contributed by atoms with van der Waals surface area (Å²) in [6.07, 6.45) is 0.484. The first-order chi connectivity index (χ1) is 12.5. The number of carbonyl (C=O) groups is 2. The minimum atomic E-state index is -0.186. The van der Waals surface area contributed by atoms with E-state index in [1.54, 1.807) is 28.8 Å². The monoisotopic (exact) mass is 408 g/mol. The van der Waals surface area contributed by atoms with Crippen LogP contribution in [-0.2, 0) is 21.9 Å². The lowest BCUT2D eigenvalue weighted by molar-refractivity contribution is -0.145. The Balaban J connectivity index is 1.46. The molecule has 2 amide bonds. The zero-order valence-corrected chi connectivity index (χ0v) is 16.3. The van der Waals surface area contributed by atoms with Crippen LogP contribution in [0.5, 0.6) is 0 Å². The molecule has 1 unspecified atom stereocenters. The van der Waals surface area contributed by atoms with Crippen LogP contribution >= 0.6 is 35.0 Å². The molecule has 0 radical (unpaired) electrons. The Bertz CT molecular complexity index is 801. The normalized spacial score (nSPS) is 16.3. The summed E-state index contributed by atoms with van der Waals surface area (Å²) >= 11 is 13.5. The first kappa shape index (κ1) is 19.1. The summed E-state index contributed by atoms with van der Waals surface area (Å²) in [5, 5.41) is 3.80. The number of halogens is 2. The Hall–Kier alpha value is -1.69. The molecule has 1 saturated heterocycles. The average molecular weight is 409 g/mol. The van der Waals surface area contributed by atoms with Crippen molar-refractivity contribution in [1.29, 1.82) is 0 Å². The highest BCUT2D eigenvalue weighted by Crippen LogP contribution is 2.31. The van der Waals surface area contributed by atoms with Crippen molar-refractivity contribution in [3.63, 3.8) is 0 Å². The van der Waals surface area contributed by atoms with Crippen molar-refractivity contribution in [3.8, 4) is 0 Å². The Morgan fingerprint density at radius 1 is 1.12 bits per heavy atom. The molecule has 1 aliphatic heterocycles. The largest absolute Gasteiger partial charge is 0.350 e. The minimum absolute atomic E-state index is 0.0141. The lowest BCUT2D eigenvalue weighted by Crippen LogP contribution is -2.54. The van der Waals surface area contributed by atoms with Gasteiger partial charge in [0.05, 0.1) is 21.8 Å². The number of likely N-dealkylation sites (tertiary alicyclic amines) is 1. The highest BCUT2D eigenvalue weighted by Gasteiger charge is 2.37. The molecule has 2 aromatic rings. The number of carbonyl (C=O) groups excluding carboxylic acids is 2. The molecule has 7 heteroatoms. The second-order valence-electron chi connectivity index (χ2n) is 6.00. The molecule has 2 aromatic carbocycles. The fourth-order valence-electron chi connectivity index (χ4n) is 2.59. The van der Waals surface area contributed by atoms with Crippen molar-refractivity contribution in [3.05, 3.63) is 69.7 Å². The third-order valence-electron chi connectivity index (χ3n) is 4.09. The van der Waals surface area contributed by atoms with Gasteiger partial charge < -0.3 is 10.2 Å². The molecular formula is C19H18Cl2N2O2S. The average Bonchev–Trinajstić information content (AvgIpc) is 2.65. The van der Waals surface area contributed by atoms with Crippen LogP contribution in [0.25, 0.3) is 0 Å². The molecule has 3 rings (SSSR count). The lowest BCUT2D eigenvalue weighted by atomic mass is 10.2. The van der Waals surface area contributed by atoms with Crippen molar-refractivity contribution in [2.75, 3.05) is 6.54 Å². The van der Waals surface area contributed by atoms with E-state index in [-0.39, 0.29) is 23.7 Å². The summed E-state index contributed by atoms with van der Waals surface area (Å²) in [5.41, 5.74) is 2.07. The highest BCUT2D eigenvalue weighted by molar-refractivity contribution is 7.99. The van der Waals surface area contributed by atoms with E-state index in [0.29, 0.717) is 23.0 Å². The molecule has 0 aromatic heterocycles. The van der Waals surface area contributed by atoms with Gasteiger partial charge in [-0.25, -0.2) is 0 Å². The third-order valence-corrected chi connectivity index (χ3v) is 6.14. The van der Waals surface area contributed by atoms with Gasteiger partial charge in [0.15, 0.2) is 0 Å². The maximum atomic E-state index is 12.2. The van der Waals surface area contributed by atoms with Crippen LogP contribution in [0.1, 0.15) is 17.5 Å². The first-order valence-electron chi connectivity index (χ1n) is 8.18. The fourth-order valence-corrected chi connectivity index (χ4v) is 4.12. The molecule has 136 valence electrons. The molecule has 0 bridgehead atoms. The molecule has 1 atom stereocenters. The standard InChI is InChI=1S/C19H18Cl2N2O2S/c20-15-7-6-14(8-16(15)21)10-22-17(24)11-23-18(25)9-19(23)26-12-13-4-2-1-3-5-13/h1-8,19H,9-12H2,(H,22,24). The van der Waals surface area contributed by atoms with Gasteiger partial charge in [0.25, 0.3) is 0 Å². The van der Waals surface area contributed by atoms with Crippen molar-refractivity contribution >= 4 is 46.8 Å². The number of thioether (sulfide) groups is 1. The predicted octanol–water partition coefficient (Wildman–Crippen LogP) is 4.10. The fraction of sp³-hybridized carbons (Fsp3) is 0.263. The molecule has 26 heavy (non-hydrogen) atoms. The zero-order valence-electron chi connectivity index (χ0n) is 14.0. The predicted molar refractivity (Wildman–Crippen MR) is 106 cm³/mol. The van der Waals surface area contributed by atoms with E-state index in [1.165, 1.54) is 5.56 Å². The van der Waals surface area contributed by atoms with Gasteiger partial charge in [-0.05, 0) is 23.3 Å². The lowest BCUT2D eigenvalue weighted by Gasteiger charge is -2.39. The molecular weight excluding hydrogens is 391 g/mol. The number of nitrogens with zero attached hydrogens (tertiary/aromatic N) is 1. The van der Waals surface area contributed by atoms with E-state index in [0.717, 1.165) is 11.3 Å². The maximum Gasteiger partial charge on any atom is 0.239 e. The summed E-state index contributed by atoms with van der Waals surface area (Å²) < 4.78 is 0. The summed E-state index contributed by atoms with van der Waals surface area (Å²) in [6, 6.07) is 15.3. The van der Waals surface area contributed by atoms with Crippen LogP contribution in [0, 0.1) is 0 Å². The van der Waals surface area contributed by atoms with E-state index in [9.17, 15) is 9.59 Å². The van der Waals surface area contributed by atoms with Gasteiger partial charge in [-0.1, -0.05) is 59.6 Å². The smallest absolute Gasteiger partial charge is 0.239 e. The molecule has 1 fully saturated rings. The topological polar surface area (TPSA) is 49.4 Å². The Morgan fingerprint density at radius 2 is 1.88 bits per heavy atom. The summed E-state index contributed by atoms with van der Waals surface area (Å²) in [5.74, 6) is 0.648. The van der Waals surface area contributed by atoms with Crippen LogP contribution in [0.15, 0.2) is 48.5 Å². The summed E-state index contributed by atoms with van der Waals surface area (Å²) in [4.78, 5) is 25.6. The zero-order chi connectivity index (χ0) is 18.5. The van der Waals surface area contributed by atoms with E-state index >= 15 is 0 Å². The van der Waals surface area contributed by atoms with Gasteiger partial charge in [0.1, 0.15) is 6.54 Å². The Kier molecular flexibility index (Phi) is 6.46. The summed E-state index contributed by atoms with van der Waals surface area (Å²) in [7, 11) is 0. The van der Waals surface area contributed by atoms with Gasteiger partial charge in [-0.2, -0.15) is 0 Å². The Morgan fingerprint density at radius 3 is 2.58 bits per heavy atom. The molecule has 1 heterocycles. The van der Waals surface area contributed by atoms with E-state index in [4.69, 9.17) is 23.2 Å². The number of β-lactam (4-membered cyclic amide) rings is 1. The molecule has 1 aliphatic rings. The third kappa shape index (κ3) is 4.93. The van der Waals surface area contributed by atoms with E-state index < -0.39 is 0 Å². The second kappa shape index (κ2) is 8.80. The number of rotatable bonds is 7. The van der Waals surface area contributed by atoms with Crippen molar-refractivity contribution in [2.45, 2.75) is 24.1 Å². The molecule has 1 N–H and O–H groups in total.